The SMILES string of the molecule is CCCCCCCC/C=C\C/C=C\C/C=C\CCCC(=O)O[C@@H](COC(=O)CCCCCCCCCCCCCCC)COC(=O)CCCCCCCCCCCCCCCCCCC. The highest BCUT2D eigenvalue weighted by Gasteiger charge is 2.19. The molecule has 0 saturated heterocycles. The van der Waals surface area contributed by atoms with E-state index in [0.717, 1.165) is 57.8 Å². The number of hydrogen-bond acceptors (Lipinski definition) is 6. The van der Waals surface area contributed by atoms with Crippen LogP contribution in [0.2, 0.25) is 0 Å². The molecule has 0 N–H and O–H groups in total. The van der Waals surface area contributed by atoms with Crippen molar-refractivity contribution in [2.75, 3.05) is 13.2 Å². The summed E-state index contributed by atoms with van der Waals surface area (Å²) >= 11 is 0. The van der Waals surface area contributed by atoms with Gasteiger partial charge in [0.25, 0.3) is 0 Å². The van der Waals surface area contributed by atoms with Crippen LogP contribution in [0.5, 0.6) is 0 Å². The first-order valence-corrected chi connectivity index (χ1v) is 28.5. The molecule has 0 heterocycles. The Kier molecular flexibility index (Phi) is 52.3. The zero-order valence-corrected chi connectivity index (χ0v) is 43.5. The number of allylic oxidation sites excluding steroid dienone is 6. The monoisotopic (exact) mass is 913 g/mol. The number of carbonyl (C=O) groups excluding carboxylic acids is 3. The average molecular weight is 914 g/mol. The predicted molar refractivity (Wildman–Crippen MR) is 279 cm³/mol. The van der Waals surface area contributed by atoms with Gasteiger partial charge in [0.1, 0.15) is 13.2 Å². The summed E-state index contributed by atoms with van der Waals surface area (Å²) in [5.74, 6) is -0.922. The molecule has 6 nitrogen and oxygen atoms in total. The molecule has 0 rings (SSSR count). The van der Waals surface area contributed by atoms with Gasteiger partial charge in [0.2, 0.25) is 0 Å². The van der Waals surface area contributed by atoms with Crippen LogP contribution in [-0.4, -0.2) is 37.2 Å². The minimum absolute atomic E-state index is 0.0873. The minimum atomic E-state index is -0.793. The lowest BCUT2D eigenvalue weighted by Crippen LogP contribution is -2.30. The van der Waals surface area contributed by atoms with E-state index < -0.39 is 6.10 Å². The van der Waals surface area contributed by atoms with Crippen molar-refractivity contribution in [2.45, 2.75) is 309 Å². The Morgan fingerprint density at radius 3 is 0.908 bits per heavy atom. The van der Waals surface area contributed by atoms with Gasteiger partial charge in [0, 0.05) is 19.3 Å². The van der Waals surface area contributed by atoms with Crippen molar-refractivity contribution in [3.05, 3.63) is 36.5 Å². The standard InChI is InChI=1S/C59H108O6/c1-4-7-10-13-16-19-22-25-27-29-31-34-37-40-43-46-49-52-58(61)64-55-56(54-63-57(60)51-48-45-42-39-36-33-24-21-18-15-12-9-6-3)65-59(62)53-50-47-44-41-38-35-32-30-28-26-23-20-17-14-11-8-5-2/h26,28,32,35,41,44,56H,4-25,27,29-31,33-34,36-40,42-43,45-55H2,1-3H3/b28-26-,35-32-,44-41-/t56-/m0/s1. The Hall–Kier alpha value is -2.37. The Morgan fingerprint density at radius 1 is 0.308 bits per heavy atom. The van der Waals surface area contributed by atoms with Gasteiger partial charge in [-0.3, -0.25) is 14.4 Å². The molecule has 65 heavy (non-hydrogen) atoms. The van der Waals surface area contributed by atoms with Crippen molar-refractivity contribution in [3.63, 3.8) is 0 Å². The van der Waals surface area contributed by atoms with Crippen LogP contribution >= 0.6 is 0 Å². The van der Waals surface area contributed by atoms with Crippen LogP contribution in [0.15, 0.2) is 36.5 Å². The van der Waals surface area contributed by atoms with E-state index in [1.165, 1.54) is 199 Å². The van der Waals surface area contributed by atoms with E-state index in [1.807, 2.05) is 0 Å². The molecule has 0 aromatic heterocycles. The molecule has 0 spiro atoms. The molecule has 0 unspecified atom stereocenters. The number of hydrogen-bond donors (Lipinski definition) is 0. The molecule has 0 fully saturated rings. The maximum absolute atomic E-state index is 12.8. The van der Waals surface area contributed by atoms with Gasteiger partial charge in [-0.1, -0.05) is 269 Å². The second-order valence-corrected chi connectivity index (χ2v) is 19.2. The smallest absolute Gasteiger partial charge is 0.306 e. The number of unbranched alkanes of at least 4 members (excludes halogenated alkanes) is 35. The number of rotatable bonds is 52. The van der Waals surface area contributed by atoms with Crippen LogP contribution in [0.4, 0.5) is 0 Å². The van der Waals surface area contributed by atoms with Gasteiger partial charge in [-0.25, -0.2) is 0 Å². The lowest BCUT2D eigenvalue weighted by Gasteiger charge is -2.18. The first-order chi connectivity index (χ1) is 32.0. The summed E-state index contributed by atoms with van der Waals surface area (Å²) in [6.07, 6.45) is 64.2. The fourth-order valence-electron chi connectivity index (χ4n) is 8.34. The van der Waals surface area contributed by atoms with Crippen molar-refractivity contribution >= 4 is 17.9 Å². The van der Waals surface area contributed by atoms with Crippen LogP contribution in [-0.2, 0) is 28.6 Å². The maximum atomic E-state index is 12.8. The zero-order chi connectivity index (χ0) is 47.2. The fourth-order valence-corrected chi connectivity index (χ4v) is 8.34. The molecule has 0 amide bonds. The Bertz CT molecular complexity index is 1090. The van der Waals surface area contributed by atoms with Crippen molar-refractivity contribution in [2.24, 2.45) is 0 Å². The average Bonchev–Trinajstić information content (AvgIpc) is 3.30. The summed E-state index contributed by atoms with van der Waals surface area (Å²) in [5.41, 5.74) is 0. The number of carbonyl (C=O) groups is 3. The first-order valence-electron chi connectivity index (χ1n) is 28.5. The van der Waals surface area contributed by atoms with Gasteiger partial charge in [-0.05, 0) is 51.4 Å². The summed E-state index contributed by atoms with van der Waals surface area (Å²) in [6.45, 7) is 6.63. The second kappa shape index (κ2) is 54.2. The van der Waals surface area contributed by atoms with Crippen LogP contribution in [0.3, 0.4) is 0 Å². The summed E-state index contributed by atoms with van der Waals surface area (Å²) in [5, 5.41) is 0. The van der Waals surface area contributed by atoms with E-state index in [1.54, 1.807) is 0 Å². The molecule has 0 bridgehead atoms. The Balaban J connectivity index is 4.40. The highest BCUT2D eigenvalue weighted by atomic mass is 16.6. The lowest BCUT2D eigenvalue weighted by molar-refractivity contribution is -0.167. The maximum Gasteiger partial charge on any atom is 0.306 e. The van der Waals surface area contributed by atoms with Crippen LogP contribution < -0.4 is 0 Å². The summed E-state index contributed by atoms with van der Waals surface area (Å²) in [7, 11) is 0. The highest BCUT2D eigenvalue weighted by molar-refractivity contribution is 5.71. The van der Waals surface area contributed by atoms with Crippen molar-refractivity contribution in [3.8, 4) is 0 Å². The normalized spacial score (nSPS) is 12.2. The molecular weight excluding hydrogens is 805 g/mol. The van der Waals surface area contributed by atoms with Gasteiger partial charge >= 0.3 is 17.9 Å². The van der Waals surface area contributed by atoms with Gasteiger partial charge in [0.05, 0.1) is 0 Å². The third kappa shape index (κ3) is 52.5. The van der Waals surface area contributed by atoms with Gasteiger partial charge in [-0.15, -0.1) is 0 Å². The van der Waals surface area contributed by atoms with Crippen LogP contribution in [0.1, 0.15) is 303 Å². The van der Waals surface area contributed by atoms with E-state index in [2.05, 4.69) is 57.2 Å². The second-order valence-electron chi connectivity index (χ2n) is 19.2. The third-order valence-electron chi connectivity index (χ3n) is 12.6. The molecule has 0 radical (unpaired) electrons. The largest absolute Gasteiger partial charge is 0.462 e. The summed E-state index contributed by atoms with van der Waals surface area (Å²) < 4.78 is 16.8. The van der Waals surface area contributed by atoms with Crippen LogP contribution in [0, 0.1) is 0 Å². The third-order valence-corrected chi connectivity index (χ3v) is 12.6. The Morgan fingerprint density at radius 2 is 0.569 bits per heavy atom. The lowest BCUT2D eigenvalue weighted by atomic mass is 10.0. The number of ether oxygens (including phenoxy) is 3. The van der Waals surface area contributed by atoms with E-state index >= 15 is 0 Å². The van der Waals surface area contributed by atoms with Crippen molar-refractivity contribution in [1.29, 1.82) is 0 Å². The molecule has 1 atom stereocenters. The number of esters is 3. The van der Waals surface area contributed by atoms with Gasteiger partial charge in [-0.2, -0.15) is 0 Å². The first kappa shape index (κ1) is 62.6. The molecular formula is C59H108O6. The molecule has 0 aromatic carbocycles. The topological polar surface area (TPSA) is 78.9 Å². The molecule has 380 valence electrons. The molecule has 0 saturated carbocycles. The molecule has 0 aliphatic carbocycles. The molecule has 6 heteroatoms. The summed E-state index contributed by atoms with van der Waals surface area (Å²) in [6, 6.07) is 0. The molecule has 0 aromatic rings. The predicted octanol–water partition coefficient (Wildman–Crippen LogP) is 18.9. The van der Waals surface area contributed by atoms with Gasteiger partial charge < -0.3 is 14.2 Å². The van der Waals surface area contributed by atoms with E-state index in [0.29, 0.717) is 19.3 Å². The molecule has 0 aliphatic heterocycles. The highest BCUT2D eigenvalue weighted by Crippen LogP contribution is 2.16. The van der Waals surface area contributed by atoms with E-state index in [-0.39, 0.29) is 37.5 Å². The fraction of sp³-hybridized carbons (Fsp3) is 0.847. The van der Waals surface area contributed by atoms with Gasteiger partial charge in [0.15, 0.2) is 6.10 Å². The quantitative estimate of drug-likeness (QED) is 0.0262. The van der Waals surface area contributed by atoms with Crippen molar-refractivity contribution < 1.29 is 28.6 Å². The Labute approximate surface area is 404 Å². The van der Waals surface area contributed by atoms with Crippen LogP contribution in [0.25, 0.3) is 0 Å². The van der Waals surface area contributed by atoms with Crippen molar-refractivity contribution in [1.82, 2.24) is 0 Å². The zero-order valence-electron chi connectivity index (χ0n) is 43.5. The van der Waals surface area contributed by atoms with E-state index in [4.69, 9.17) is 14.2 Å². The van der Waals surface area contributed by atoms with E-state index in [9.17, 15) is 14.4 Å². The summed E-state index contributed by atoms with van der Waals surface area (Å²) in [4.78, 5) is 38.1. The molecule has 0 aliphatic rings. The minimum Gasteiger partial charge on any atom is -0.462 e.